The third kappa shape index (κ3) is 2.34. The minimum absolute atomic E-state index is 0.0481. The first kappa shape index (κ1) is 11.2. The van der Waals surface area contributed by atoms with Crippen LogP contribution >= 0.6 is 0 Å². The van der Waals surface area contributed by atoms with Crippen molar-refractivity contribution in [3.8, 4) is 5.75 Å². The Bertz CT molecular complexity index is 387. The van der Waals surface area contributed by atoms with Gasteiger partial charge in [-0.2, -0.15) is 0 Å². The number of benzene rings is 1. The molecule has 1 aromatic rings. The molecule has 0 aromatic heterocycles. The van der Waals surface area contributed by atoms with Crippen LogP contribution in [0.3, 0.4) is 0 Å². The second-order valence-corrected chi connectivity index (χ2v) is 3.03. The molecule has 1 rings (SSSR count). The molecule has 0 atom stereocenters. The molecule has 0 saturated heterocycles. The first-order valence-electron chi connectivity index (χ1n) is 4.39. The third-order valence-corrected chi connectivity index (χ3v) is 2.12. The first-order chi connectivity index (χ1) is 7.10. The Morgan fingerprint density at radius 1 is 1.60 bits per heavy atom. The molecule has 0 aliphatic carbocycles. The normalized spacial score (nSPS) is 10.1. The van der Waals surface area contributed by atoms with Crippen molar-refractivity contribution in [3.05, 3.63) is 52.4 Å². The summed E-state index contributed by atoms with van der Waals surface area (Å²) in [6, 6.07) is 4.48. The van der Waals surface area contributed by atoms with Gasteiger partial charge in [-0.25, -0.2) is 0 Å². The van der Waals surface area contributed by atoms with E-state index in [1.54, 1.807) is 12.1 Å². The highest BCUT2D eigenvalue weighted by molar-refractivity contribution is 5.52. The quantitative estimate of drug-likeness (QED) is 0.562. The molecule has 0 aliphatic rings. The SMILES string of the molecule is C=C[C](C)c1cc([N+](=O)[O-])ccc1OC. The van der Waals surface area contributed by atoms with Crippen LogP contribution in [0.1, 0.15) is 12.5 Å². The van der Waals surface area contributed by atoms with Crippen molar-refractivity contribution in [1.29, 1.82) is 0 Å². The highest BCUT2D eigenvalue weighted by Crippen LogP contribution is 2.30. The number of nitrogens with zero attached hydrogens (tertiary/aromatic N) is 1. The zero-order chi connectivity index (χ0) is 11.4. The van der Waals surface area contributed by atoms with Gasteiger partial charge >= 0.3 is 0 Å². The van der Waals surface area contributed by atoms with E-state index in [2.05, 4.69) is 6.58 Å². The zero-order valence-corrected chi connectivity index (χ0v) is 8.69. The van der Waals surface area contributed by atoms with E-state index in [9.17, 15) is 10.1 Å². The molecule has 0 spiro atoms. The standard InChI is InChI=1S/C11H12NO3/c1-4-8(2)10-7-9(12(13)14)5-6-11(10)15-3/h4-7H,1H2,2-3H3. The molecular weight excluding hydrogens is 194 g/mol. The van der Waals surface area contributed by atoms with E-state index in [-0.39, 0.29) is 5.69 Å². The summed E-state index contributed by atoms with van der Waals surface area (Å²) in [6.45, 7) is 5.45. The fourth-order valence-electron chi connectivity index (χ4n) is 1.23. The summed E-state index contributed by atoms with van der Waals surface area (Å²) in [5, 5.41) is 10.6. The van der Waals surface area contributed by atoms with Crippen LogP contribution in [0.5, 0.6) is 5.75 Å². The molecule has 0 unspecified atom stereocenters. The summed E-state index contributed by atoms with van der Waals surface area (Å²) in [5.41, 5.74) is 0.744. The van der Waals surface area contributed by atoms with Crippen LogP contribution in [0.15, 0.2) is 30.9 Å². The van der Waals surface area contributed by atoms with Crippen LogP contribution < -0.4 is 4.74 Å². The summed E-state index contributed by atoms with van der Waals surface area (Å²) in [6.07, 6.45) is 1.64. The maximum absolute atomic E-state index is 10.6. The molecule has 0 saturated carbocycles. The lowest BCUT2D eigenvalue weighted by molar-refractivity contribution is -0.384. The average Bonchev–Trinajstić information content (AvgIpc) is 2.27. The predicted molar refractivity (Wildman–Crippen MR) is 57.9 cm³/mol. The number of hydrogen-bond donors (Lipinski definition) is 0. The van der Waals surface area contributed by atoms with Gasteiger partial charge in [0, 0.05) is 23.6 Å². The van der Waals surface area contributed by atoms with Crippen molar-refractivity contribution in [2.24, 2.45) is 0 Å². The number of ether oxygens (including phenoxy) is 1. The fourth-order valence-corrected chi connectivity index (χ4v) is 1.23. The van der Waals surface area contributed by atoms with E-state index in [0.717, 1.165) is 5.92 Å². The van der Waals surface area contributed by atoms with Crippen LogP contribution in [0.2, 0.25) is 0 Å². The van der Waals surface area contributed by atoms with Crippen molar-refractivity contribution < 1.29 is 9.66 Å². The van der Waals surface area contributed by atoms with Crippen molar-refractivity contribution in [2.45, 2.75) is 6.92 Å². The lowest BCUT2D eigenvalue weighted by Crippen LogP contribution is -1.97. The van der Waals surface area contributed by atoms with E-state index in [0.29, 0.717) is 11.3 Å². The molecule has 0 amide bonds. The number of rotatable bonds is 4. The molecule has 0 fully saturated rings. The zero-order valence-electron chi connectivity index (χ0n) is 8.69. The Kier molecular flexibility index (Phi) is 3.44. The van der Waals surface area contributed by atoms with Gasteiger partial charge in [0.25, 0.3) is 5.69 Å². The highest BCUT2D eigenvalue weighted by atomic mass is 16.6. The summed E-state index contributed by atoms with van der Waals surface area (Å²) in [4.78, 5) is 10.2. The molecule has 0 N–H and O–H groups in total. The average molecular weight is 206 g/mol. The predicted octanol–water partition coefficient (Wildman–Crippen LogP) is 2.73. The van der Waals surface area contributed by atoms with E-state index in [4.69, 9.17) is 4.74 Å². The van der Waals surface area contributed by atoms with Gasteiger partial charge in [-0.3, -0.25) is 10.1 Å². The second-order valence-electron chi connectivity index (χ2n) is 3.03. The highest BCUT2D eigenvalue weighted by Gasteiger charge is 2.14. The Hall–Kier alpha value is -1.84. The molecule has 0 bridgehead atoms. The fraction of sp³-hybridized carbons (Fsp3) is 0.182. The Morgan fingerprint density at radius 3 is 2.73 bits per heavy atom. The molecule has 0 heterocycles. The molecule has 15 heavy (non-hydrogen) atoms. The van der Waals surface area contributed by atoms with Gasteiger partial charge in [0.15, 0.2) is 0 Å². The molecular formula is C11H12NO3. The summed E-state index contributed by atoms with van der Waals surface area (Å²) >= 11 is 0. The summed E-state index contributed by atoms with van der Waals surface area (Å²) < 4.78 is 5.11. The molecule has 79 valence electrons. The van der Waals surface area contributed by atoms with Gasteiger partial charge in [0.1, 0.15) is 5.75 Å². The number of non-ortho nitro benzene ring substituents is 1. The van der Waals surface area contributed by atoms with Gasteiger partial charge in [-0.05, 0) is 6.07 Å². The van der Waals surface area contributed by atoms with Crippen LogP contribution in [0.25, 0.3) is 0 Å². The number of nitro benzene ring substituents is 1. The maximum atomic E-state index is 10.6. The topological polar surface area (TPSA) is 52.4 Å². The lowest BCUT2D eigenvalue weighted by atomic mass is 10.00. The number of nitro groups is 1. The number of methoxy groups -OCH3 is 1. The monoisotopic (exact) mass is 206 g/mol. The number of allylic oxidation sites excluding steroid dienone is 1. The van der Waals surface area contributed by atoms with Crippen molar-refractivity contribution in [2.75, 3.05) is 7.11 Å². The van der Waals surface area contributed by atoms with Crippen LogP contribution in [-0.4, -0.2) is 12.0 Å². The largest absolute Gasteiger partial charge is 0.496 e. The van der Waals surface area contributed by atoms with Crippen LogP contribution in [-0.2, 0) is 0 Å². The van der Waals surface area contributed by atoms with E-state index in [1.807, 2.05) is 6.92 Å². The second kappa shape index (κ2) is 4.59. The van der Waals surface area contributed by atoms with Crippen molar-refractivity contribution in [3.63, 3.8) is 0 Å². The van der Waals surface area contributed by atoms with Crippen molar-refractivity contribution in [1.82, 2.24) is 0 Å². The Labute approximate surface area is 88.3 Å². The molecule has 4 heteroatoms. The first-order valence-corrected chi connectivity index (χ1v) is 4.39. The molecule has 4 nitrogen and oxygen atoms in total. The molecule has 1 radical (unpaired) electrons. The van der Waals surface area contributed by atoms with Gasteiger partial charge < -0.3 is 4.74 Å². The van der Waals surface area contributed by atoms with Crippen LogP contribution in [0, 0.1) is 16.0 Å². The minimum Gasteiger partial charge on any atom is -0.496 e. The summed E-state index contributed by atoms with van der Waals surface area (Å²) in [7, 11) is 1.53. The lowest BCUT2D eigenvalue weighted by Gasteiger charge is -2.10. The Balaban J connectivity index is 3.24. The molecule has 0 aliphatic heterocycles. The molecule has 1 aromatic carbocycles. The van der Waals surface area contributed by atoms with E-state index < -0.39 is 4.92 Å². The summed E-state index contributed by atoms with van der Waals surface area (Å²) in [5.74, 6) is 1.45. The maximum Gasteiger partial charge on any atom is 0.270 e. The van der Waals surface area contributed by atoms with Gasteiger partial charge in [-0.1, -0.05) is 13.0 Å². The minimum atomic E-state index is -0.431. The van der Waals surface area contributed by atoms with E-state index in [1.165, 1.54) is 19.2 Å². The third-order valence-electron chi connectivity index (χ3n) is 2.12. The van der Waals surface area contributed by atoms with Crippen LogP contribution in [0.4, 0.5) is 5.69 Å². The smallest absolute Gasteiger partial charge is 0.270 e. The van der Waals surface area contributed by atoms with Gasteiger partial charge in [0.2, 0.25) is 0 Å². The van der Waals surface area contributed by atoms with Gasteiger partial charge in [0.05, 0.1) is 12.0 Å². The van der Waals surface area contributed by atoms with Gasteiger partial charge in [-0.15, -0.1) is 6.58 Å². The van der Waals surface area contributed by atoms with Crippen molar-refractivity contribution >= 4 is 5.69 Å². The van der Waals surface area contributed by atoms with E-state index >= 15 is 0 Å². The number of hydrogen-bond acceptors (Lipinski definition) is 3. The Morgan fingerprint density at radius 2 is 2.27 bits per heavy atom.